The summed E-state index contributed by atoms with van der Waals surface area (Å²) in [5.74, 6) is 0.213. The predicted molar refractivity (Wildman–Crippen MR) is 150 cm³/mol. The zero-order valence-electron chi connectivity index (χ0n) is 23.6. The second-order valence-electron chi connectivity index (χ2n) is 10.2. The topological polar surface area (TPSA) is 79.7 Å². The minimum absolute atomic E-state index is 0.0285. The summed E-state index contributed by atoms with van der Waals surface area (Å²) in [6.45, 7) is 5.01. The van der Waals surface area contributed by atoms with E-state index in [1.165, 1.54) is 83.5 Å². The summed E-state index contributed by atoms with van der Waals surface area (Å²) in [6, 6.07) is 0. The maximum Gasteiger partial charge on any atom is 0.330 e. The van der Waals surface area contributed by atoms with Gasteiger partial charge in [-0.25, -0.2) is 0 Å². The second kappa shape index (κ2) is 23.8. The first kappa shape index (κ1) is 34.5. The Balaban J connectivity index is 3.58. The molecule has 0 aliphatic carbocycles. The number of Topliss-reactive ketones (excluding diaryl/α,β-unsaturated/α-hetero) is 1. The van der Waals surface area contributed by atoms with Crippen molar-refractivity contribution in [3.63, 3.8) is 0 Å². The highest BCUT2D eigenvalue weighted by atomic mass is 31.2. The summed E-state index contributed by atoms with van der Waals surface area (Å²) < 4.78 is 23.4. The largest absolute Gasteiger partial charge is 0.330 e. The molecule has 6 nitrogen and oxygen atoms in total. The summed E-state index contributed by atoms with van der Waals surface area (Å²) in [5, 5.41) is 8.01. The van der Waals surface area contributed by atoms with E-state index < -0.39 is 7.60 Å². The van der Waals surface area contributed by atoms with Crippen LogP contribution >= 0.6 is 7.60 Å². The third-order valence-corrected chi connectivity index (χ3v) is 8.29. The summed E-state index contributed by atoms with van der Waals surface area (Å²) >= 11 is 0. The fraction of sp³-hybridized carbons (Fsp3) is 0.929. The van der Waals surface area contributed by atoms with Gasteiger partial charge in [0.15, 0.2) is 0 Å². The van der Waals surface area contributed by atoms with E-state index in [9.17, 15) is 9.36 Å². The Morgan fingerprint density at radius 3 is 1.66 bits per heavy atom. The van der Waals surface area contributed by atoms with Crippen LogP contribution in [0.5, 0.6) is 0 Å². The van der Waals surface area contributed by atoms with Crippen molar-refractivity contribution in [2.45, 2.75) is 129 Å². The van der Waals surface area contributed by atoms with Gasteiger partial charge in [-0.1, -0.05) is 104 Å². The van der Waals surface area contributed by atoms with Crippen molar-refractivity contribution in [2.75, 3.05) is 40.0 Å². The minimum atomic E-state index is -3.16. The fourth-order valence-corrected chi connectivity index (χ4v) is 5.09. The van der Waals surface area contributed by atoms with Crippen LogP contribution in [0.2, 0.25) is 0 Å². The van der Waals surface area contributed by atoms with Crippen molar-refractivity contribution in [1.82, 2.24) is 4.90 Å². The lowest BCUT2D eigenvalue weighted by Gasteiger charge is -2.18. The monoisotopic (exact) mass is 516 g/mol. The van der Waals surface area contributed by atoms with Gasteiger partial charge in [-0.05, 0) is 26.9 Å². The van der Waals surface area contributed by atoms with Crippen molar-refractivity contribution in [3.8, 4) is 0 Å². The molecule has 7 heteroatoms. The van der Waals surface area contributed by atoms with Crippen molar-refractivity contribution in [3.05, 3.63) is 0 Å². The van der Waals surface area contributed by atoms with Gasteiger partial charge in [0.1, 0.15) is 5.78 Å². The molecule has 208 valence electrons. The first-order valence-electron chi connectivity index (χ1n) is 14.4. The third-order valence-electron chi connectivity index (χ3n) is 6.41. The summed E-state index contributed by atoms with van der Waals surface area (Å²) in [6.07, 6.45) is 21.4. The van der Waals surface area contributed by atoms with E-state index in [1.807, 2.05) is 19.0 Å². The summed E-state index contributed by atoms with van der Waals surface area (Å²) in [5.41, 5.74) is 0.305. The number of likely N-dealkylation sites (N-methyl/N-ethyl adjacent to an activating group) is 1. The van der Waals surface area contributed by atoms with Crippen LogP contribution in [-0.4, -0.2) is 56.4 Å². The molecule has 0 saturated heterocycles. The number of nitrogens with zero attached hydrogens (tertiary/aromatic N) is 1. The van der Waals surface area contributed by atoms with Crippen molar-refractivity contribution < 1.29 is 18.4 Å². The molecule has 1 unspecified atom stereocenters. The second-order valence-corrected chi connectivity index (χ2v) is 12.5. The van der Waals surface area contributed by atoms with Crippen LogP contribution in [0.1, 0.15) is 129 Å². The molecule has 0 aliphatic rings. The van der Waals surface area contributed by atoms with Crippen LogP contribution in [0.4, 0.5) is 0 Å². The lowest BCUT2D eigenvalue weighted by molar-refractivity contribution is -0.119. The third kappa shape index (κ3) is 23.6. The lowest BCUT2D eigenvalue weighted by Crippen LogP contribution is -2.18. The van der Waals surface area contributed by atoms with E-state index in [4.69, 9.17) is 14.5 Å². The molecule has 0 bridgehead atoms. The molecule has 0 spiro atoms. The van der Waals surface area contributed by atoms with Gasteiger partial charge in [-0.2, -0.15) is 0 Å². The van der Waals surface area contributed by atoms with Crippen LogP contribution in [0, 0.1) is 5.41 Å². The molecule has 1 N–H and O–H groups in total. The van der Waals surface area contributed by atoms with Crippen molar-refractivity contribution >= 4 is 19.1 Å². The van der Waals surface area contributed by atoms with E-state index >= 15 is 0 Å². The first-order chi connectivity index (χ1) is 16.8. The highest BCUT2D eigenvalue weighted by Gasteiger charge is 2.22. The smallest absolute Gasteiger partial charge is 0.307 e. The molecule has 0 fully saturated rings. The van der Waals surface area contributed by atoms with Crippen LogP contribution < -0.4 is 0 Å². The molecule has 0 amide bonds. The number of nitrogens with one attached hydrogen (secondary N) is 1. The molecule has 0 saturated carbocycles. The quantitative estimate of drug-likeness (QED) is 0.0673. The zero-order valence-corrected chi connectivity index (χ0v) is 24.5. The molecule has 0 aromatic rings. The Labute approximate surface area is 217 Å². The van der Waals surface area contributed by atoms with E-state index in [-0.39, 0.29) is 18.6 Å². The van der Waals surface area contributed by atoms with E-state index in [0.717, 1.165) is 12.8 Å². The van der Waals surface area contributed by atoms with Gasteiger partial charge >= 0.3 is 7.60 Å². The number of carbonyl (C=O) groups excluding carboxylic acids is 1. The van der Waals surface area contributed by atoms with E-state index in [2.05, 4.69) is 6.92 Å². The number of unbranched alkanes of at least 4 members (excludes halogenated alkanes) is 14. The summed E-state index contributed by atoms with van der Waals surface area (Å²) in [7, 11) is 0.691. The van der Waals surface area contributed by atoms with Gasteiger partial charge < -0.3 is 19.4 Å². The number of hydrogen-bond donors (Lipinski definition) is 1. The molecule has 0 rings (SSSR count). The lowest BCUT2D eigenvalue weighted by atomic mass is 10.0. The summed E-state index contributed by atoms with van der Waals surface area (Å²) in [4.78, 5) is 14.1. The first-order valence-corrected chi connectivity index (χ1v) is 16.2. The van der Waals surface area contributed by atoms with Gasteiger partial charge in [0.25, 0.3) is 0 Å². The molecule has 0 radical (unpaired) electrons. The number of ketones is 1. The molecule has 35 heavy (non-hydrogen) atoms. The Morgan fingerprint density at radius 2 is 1.20 bits per heavy atom. The maximum absolute atomic E-state index is 12.5. The van der Waals surface area contributed by atoms with Gasteiger partial charge in [0, 0.05) is 31.3 Å². The molecule has 0 aromatic heterocycles. The number of hydrogen-bond acceptors (Lipinski definition) is 6. The molecule has 0 aliphatic heterocycles. The standard InChI is InChI=1S/C28H57N2O4P/c1-5-7-8-9-10-11-12-13-14-15-16-17-18-19-20-21-28(31)23-22-27(29)26-34-35(32,6-2)33-25-24-30(3)4/h29H,5-26H2,1-4H3. The van der Waals surface area contributed by atoms with Crippen molar-refractivity contribution in [2.24, 2.45) is 0 Å². The molecular weight excluding hydrogens is 459 g/mol. The Bertz CT molecular complexity index is 569. The van der Waals surface area contributed by atoms with Gasteiger partial charge in [0.05, 0.1) is 13.2 Å². The highest BCUT2D eigenvalue weighted by Crippen LogP contribution is 2.47. The molecule has 0 heterocycles. The average molecular weight is 517 g/mol. The molecule has 1 atom stereocenters. The normalized spacial score (nSPS) is 13.3. The highest BCUT2D eigenvalue weighted by molar-refractivity contribution is 7.53. The van der Waals surface area contributed by atoms with Gasteiger partial charge in [-0.3, -0.25) is 9.36 Å². The maximum atomic E-state index is 12.5. The van der Waals surface area contributed by atoms with Crippen LogP contribution in [-0.2, 0) is 18.4 Å². The van der Waals surface area contributed by atoms with Gasteiger partial charge in [0.2, 0.25) is 0 Å². The fourth-order valence-electron chi connectivity index (χ4n) is 3.94. The van der Waals surface area contributed by atoms with E-state index in [0.29, 0.717) is 38.1 Å². The Kier molecular flexibility index (Phi) is 23.5. The van der Waals surface area contributed by atoms with E-state index in [1.54, 1.807) is 6.92 Å². The van der Waals surface area contributed by atoms with Crippen molar-refractivity contribution in [1.29, 1.82) is 5.41 Å². The number of rotatable bonds is 27. The number of carbonyl (C=O) groups is 1. The minimum Gasteiger partial charge on any atom is -0.307 e. The Morgan fingerprint density at radius 1 is 0.714 bits per heavy atom. The zero-order chi connectivity index (χ0) is 26.2. The van der Waals surface area contributed by atoms with Crippen LogP contribution in [0.15, 0.2) is 0 Å². The van der Waals surface area contributed by atoms with Crippen LogP contribution in [0.3, 0.4) is 0 Å². The average Bonchev–Trinajstić information content (AvgIpc) is 2.83. The Hall–Kier alpha value is -0.550. The molecule has 0 aromatic carbocycles. The molecular formula is C28H57N2O4P. The van der Waals surface area contributed by atoms with Gasteiger partial charge in [-0.15, -0.1) is 0 Å². The predicted octanol–water partition coefficient (Wildman–Crippen LogP) is 8.42. The SMILES string of the molecule is CCCCCCCCCCCCCCCCCC(=O)CCC(=N)COP(=O)(CC)OCCN(C)C. The van der Waals surface area contributed by atoms with Crippen LogP contribution in [0.25, 0.3) is 0 Å².